The van der Waals surface area contributed by atoms with E-state index < -0.39 is 5.60 Å². The van der Waals surface area contributed by atoms with Crippen LogP contribution in [0.3, 0.4) is 0 Å². The van der Waals surface area contributed by atoms with Crippen LogP contribution < -0.4 is 5.32 Å². The van der Waals surface area contributed by atoms with Crippen molar-refractivity contribution in [2.75, 3.05) is 19.8 Å². The van der Waals surface area contributed by atoms with E-state index in [4.69, 9.17) is 4.74 Å². The van der Waals surface area contributed by atoms with Gasteiger partial charge in [-0.1, -0.05) is 11.6 Å². The predicted octanol–water partition coefficient (Wildman–Crippen LogP) is 2.67. The number of aryl methyl sites for hydroxylation is 3. The summed E-state index contributed by atoms with van der Waals surface area (Å²) in [6.07, 6.45) is 1.09. The molecule has 5 heteroatoms. The third kappa shape index (κ3) is 3.78. The van der Waals surface area contributed by atoms with Crippen LogP contribution in [0.15, 0.2) is 30.3 Å². The zero-order valence-electron chi connectivity index (χ0n) is 15.1. The average molecular weight is 342 g/mol. The van der Waals surface area contributed by atoms with Crippen molar-refractivity contribution in [1.82, 2.24) is 9.88 Å². The first-order valence-electron chi connectivity index (χ1n) is 8.74. The molecule has 0 aliphatic carbocycles. The summed E-state index contributed by atoms with van der Waals surface area (Å²) >= 11 is 0. The van der Waals surface area contributed by atoms with Gasteiger partial charge < -0.3 is 19.7 Å². The smallest absolute Gasteiger partial charge is 0.253 e. The maximum Gasteiger partial charge on any atom is 0.253 e. The molecule has 1 amide bonds. The standard InChI is InChI=1S/C20H26N2O3/c1-14-4-7-18(22-15(2)5-6-16(22)3)17(12-14)19(23)21-13-20(24)8-10-25-11-9-20/h4-7,12,24H,8-11,13H2,1-3H3,(H,21,23). The van der Waals surface area contributed by atoms with E-state index in [1.54, 1.807) is 0 Å². The summed E-state index contributed by atoms with van der Waals surface area (Å²) in [6, 6.07) is 9.98. The van der Waals surface area contributed by atoms with Gasteiger partial charge in [0.1, 0.15) is 0 Å². The van der Waals surface area contributed by atoms with Crippen LogP contribution in [-0.2, 0) is 4.74 Å². The van der Waals surface area contributed by atoms with Crippen LogP contribution in [0.4, 0.5) is 0 Å². The molecule has 1 aromatic heterocycles. The molecule has 0 spiro atoms. The van der Waals surface area contributed by atoms with E-state index in [1.807, 2.05) is 51.1 Å². The second-order valence-corrected chi connectivity index (χ2v) is 6.99. The number of nitrogens with zero attached hydrogens (tertiary/aromatic N) is 1. The molecule has 0 atom stereocenters. The highest BCUT2D eigenvalue weighted by Crippen LogP contribution is 2.23. The molecule has 1 aromatic carbocycles. The van der Waals surface area contributed by atoms with Gasteiger partial charge in [0.25, 0.3) is 5.91 Å². The van der Waals surface area contributed by atoms with Gasteiger partial charge in [0.05, 0.1) is 16.9 Å². The van der Waals surface area contributed by atoms with E-state index in [2.05, 4.69) is 9.88 Å². The van der Waals surface area contributed by atoms with Crippen molar-refractivity contribution in [1.29, 1.82) is 0 Å². The number of hydrogen-bond acceptors (Lipinski definition) is 3. The highest BCUT2D eigenvalue weighted by molar-refractivity contribution is 5.98. The number of carbonyl (C=O) groups excluding carboxylic acids is 1. The van der Waals surface area contributed by atoms with E-state index in [-0.39, 0.29) is 12.5 Å². The SMILES string of the molecule is Cc1ccc(-n2c(C)ccc2C)c(C(=O)NCC2(O)CCOCC2)c1. The molecule has 3 rings (SSSR count). The third-order valence-corrected chi connectivity index (χ3v) is 4.91. The Morgan fingerprint density at radius 1 is 1.16 bits per heavy atom. The summed E-state index contributed by atoms with van der Waals surface area (Å²) in [7, 11) is 0. The average Bonchev–Trinajstić information content (AvgIpc) is 2.92. The lowest BCUT2D eigenvalue weighted by atomic mass is 9.94. The first-order chi connectivity index (χ1) is 11.9. The summed E-state index contributed by atoms with van der Waals surface area (Å²) in [5.41, 5.74) is 3.80. The molecule has 1 saturated heterocycles. The van der Waals surface area contributed by atoms with Crippen molar-refractivity contribution >= 4 is 5.91 Å². The second kappa shape index (κ2) is 7.02. The minimum Gasteiger partial charge on any atom is -0.388 e. The Labute approximate surface area is 148 Å². The first-order valence-corrected chi connectivity index (χ1v) is 8.74. The fourth-order valence-electron chi connectivity index (χ4n) is 3.34. The molecule has 0 radical (unpaired) electrons. The quantitative estimate of drug-likeness (QED) is 0.898. The summed E-state index contributed by atoms with van der Waals surface area (Å²) in [5, 5.41) is 13.5. The Hall–Kier alpha value is -2.11. The van der Waals surface area contributed by atoms with Gasteiger partial charge in [0.2, 0.25) is 0 Å². The fraction of sp³-hybridized carbons (Fsp3) is 0.450. The van der Waals surface area contributed by atoms with Crippen LogP contribution in [-0.4, -0.2) is 40.9 Å². The molecule has 2 aromatic rings. The highest BCUT2D eigenvalue weighted by atomic mass is 16.5. The normalized spacial score (nSPS) is 16.6. The van der Waals surface area contributed by atoms with E-state index >= 15 is 0 Å². The van der Waals surface area contributed by atoms with Gasteiger partial charge in [0, 0.05) is 44.0 Å². The maximum absolute atomic E-state index is 12.9. The number of benzene rings is 1. The zero-order valence-corrected chi connectivity index (χ0v) is 15.1. The van der Waals surface area contributed by atoms with Crippen molar-refractivity contribution in [3.05, 3.63) is 52.8 Å². The van der Waals surface area contributed by atoms with Crippen LogP contribution in [0.5, 0.6) is 0 Å². The van der Waals surface area contributed by atoms with E-state index in [0.29, 0.717) is 31.6 Å². The number of nitrogens with one attached hydrogen (secondary N) is 1. The molecule has 1 aliphatic heterocycles. The lowest BCUT2D eigenvalue weighted by molar-refractivity contribution is -0.0605. The van der Waals surface area contributed by atoms with Crippen LogP contribution in [0, 0.1) is 20.8 Å². The Balaban J connectivity index is 1.86. The molecule has 0 bridgehead atoms. The largest absolute Gasteiger partial charge is 0.388 e. The van der Waals surface area contributed by atoms with Crippen molar-refractivity contribution in [2.45, 2.75) is 39.2 Å². The molecule has 1 fully saturated rings. The number of carbonyl (C=O) groups is 1. The molecule has 2 N–H and O–H groups in total. The highest BCUT2D eigenvalue weighted by Gasteiger charge is 2.30. The number of ether oxygens (including phenoxy) is 1. The molecule has 5 nitrogen and oxygen atoms in total. The van der Waals surface area contributed by atoms with Gasteiger partial charge in [-0.3, -0.25) is 4.79 Å². The molecule has 134 valence electrons. The lowest BCUT2D eigenvalue weighted by Crippen LogP contribution is -2.46. The van der Waals surface area contributed by atoms with Gasteiger partial charge in [-0.15, -0.1) is 0 Å². The predicted molar refractivity (Wildman–Crippen MR) is 97.3 cm³/mol. The summed E-state index contributed by atoms with van der Waals surface area (Å²) < 4.78 is 7.37. The van der Waals surface area contributed by atoms with Crippen molar-refractivity contribution in [2.24, 2.45) is 0 Å². The van der Waals surface area contributed by atoms with Crippen LogP contribution in [0.25, 0.3) is 5.69 Å². The van der Waals surface area contributed by atoms with Gasteiger partial charge >= 0.3 is 0 Å². The summed E-state index contributed by atoms with van der Waals surface area (Å²) in [4.78, 5) is 12.9. The van der Waals surface area contributed by atoms with Gasteiger partial charge in [0.15, 0.2) is 0 Å². The van der Waals surface area contributed by atoms with E-state index in [0.717, 1.165) is 22.6 Å². The Kier molecular flexibility index (Phi) is 4.97. The molecular formula is C20H26N2O3. The third-order valence-electron chi connectivity index (χ3n) is 4.91. The van der Waals surface area contributed by atoms with Gasteiger partial charge in [-0.2, -0.15) is 0 Å². The molecule has 25 heavy (non-hydrogen) atoms. The monoisotopic (exact) mass is 342 g/mol. The molecule has 0 saturated carbocycles. The van der Waals surface area contributed by atoms with Crippen LogP contribution in [0.1, 0.15) is 40.2 Å². The fourth-order valence-corrected chi connectivity index (χ4v) is 3.34. The van der Waals surface area contributed by atoms with E-state index in [9.17, 15) is 9.90 Å². The number of amides is 1. The first kappa shape index (κ1) is 17.7. The topological polar surface area (TPSA) is 63.5 Å². The van der Waals surface area contributed by atoms with Crippen molar-refractivity contribution < 1.29 is 14.6 Å². The van der Waals surface area contributed by atoms with Crippen LogP contribution >= 0.6 is 0 Å². The number of rotatable bonds is 4. The Morgan fingerprint density at radius 3 is 2.44 bits per heavy atom. The second-order valence-electron chi connectivity index (χ2n) is 6.99. The van der Waals surface area contributed by atoms with Crippen molar-refractivity contribution in [3.8, 4) is 5.69 Å². The van der Waals surface area contributed by atoms with E-state index in [1.165, 1.54) is 0 Å². The number of aromatic nitrogens is 1. The van der Waals surface area contributed by atoms with Gasteiger partial charge in [-0.05, 0) is 45.0 Å². The summed E-state index contributed by atoms with van der Waals surface area (Å²) in [6.45, 7) is 7.33. The minimum atomic E-state index is -0.878. The molecule has 1 aliphatic rings. The Bertz CT molecular complexity index is 754. The molecule has 0 unspecified atom stereocenters. The Morgan fingerprint density at radius 2 is 1.80 bits per heavy atom. The molecular weight excluding hydrogens is 316 g/mol. The minimum absolute atomic E-state index is 0.161. The van der Waals surface area contributed by atoms with Crippen molar-refractivity contribution in [3.63, 3.8) is 0 Å². The zero-order chi connectivity index (χ0) is 18.0. The number of aliphatic hydroxyl groups is 1. The summed E-state index contributed by atoms with van der Waals surface area (Å²) in [5.74, 6) is -0.161. The molecule has 2 heterocycles. The number of hydrogen-bond donors (Lipinski definition) is 2. The van der Waals surface area contributed by atoms with Crippen LogP contribution in [0.2, 0.25) is 0 Å². The lowest BCUT2D eigenvalue weighted by Gasteiger charge is -2.32. The maximum atomic E-state index is 12.9. The van der Waals surface area contributed by atoms with Gasteiger partial charge in [-0.25, -0.2) is 0 Å².